The van der Waals surface area contributed by atoms with Crippen LogP contribution in [0.1, 0.15) is 29.4 Å². The van der Waals surface area contributed by atoms with E-state index in [1.807, 2.05) is 18.2 Å². The van der Waals surface area contributed by atoms with Crippen molar-refractivity contribution in [2.45, 2.75) is 19.8 Å². The lowest BCUT2D eigenvalue weighted by atomic mass is 10.1. The van der Waals surface area contributed by atoms with Crippen LogP contribution in [0, 0.1) is 0 Å². The van der Waals surface area contributed by atoms with Crippen LogP contribution in [0.2, 0.25) is 0 Å². The second-order valence-corrected chi connectivity index (χ2v) is 5.02. The first-order valence-corrected chi connectivity index (χ1v) is 7.68. The minimum absolute atomic E-state index is 0.228. The molecule has 2 N–H and O–H groups in total. The van der Waals surface area contributed by atoms with Crippen molar-refractivity contribution >= 4 is 17.4 Å². The molecule has 0 aliphatic rings. The molecule has 0 unspecified atom stereocenters. The zero-order chi connectivity index (χ0) is 16.5. The van der Waals surface area contributed by atoms with E-state index < -0.39 is 0 Å². The highest BCUT2D eigenvalue weighted by atomic mass is 16.5. The number of carbonyl (C=O) groups is 1. The van der Waals surface area contributed by atoms with Gasteiger partial charge in [-0.05, 0) is 24.5 Å². The second-order valence-electron chi connectivity index (χ2n) is 5.02. The van der Waals surface area contributed by atoms with Gasteiger partial charge in [-0.25, -0.2) is 9.97 Å². The van der Waals surface area contributed by atoms with Crippen molar-refractivity contribution < 1.29 is 9.53 Å². The molecule has 0 saturated heterocycles. The summed E-state index contributed by atoms with van der Waals surface area (Å²) in [5.41, 5.74) is 2.51. The van der Waals surface area contributed by atoms with Gasteiger partial charge in [-0.3, -0.25) is 4.79 Å². The van der Waals surface area contributed by atoms with Crippen molar-refractivity contribution in [2.75, 3.05) is 25.6 Å². The third-order valence-electron chi connectivity index (χ3n) is 3.36. The molecule has 0 saturated carbocycles. The number of anilines is 2. The molecule has 0 atom stereocenters. The molecule has 0 fully saturated rings. The van der Waals surface area contributed by atoms with Gasteiger partial charge in [0.25, 0.3) is 5.91 Å². The SMILES string of the molecule is CCc1ccccc1Nc1cnc(C(=O)NCCCOC)cn1. The largest absolute Gasteiger partial charge is 0.385 e. The molecule has 122 valence electrons. The maximum atomic E-state index is 11.9. The number of hydrogen-bond donors (Lipinski definition) is 2. The molecule has 1 heterocycles. The summed E-state index contributed by atoms with van der Waals surface area (Å²) in [7, 11) is 1.63. The molecule has 0 radical (unpaired) electrons. The number of nitrogens with zero attached hydrogens (tertiary/aromatic N) is 2. The Morgan fingerprint density at radius 2 is 2.04 bits per heavy atom. The molecule has 1 aromatic carbocycles. The van der Waals surface area contributed by atoms with Crippen LogP contribution < -0.4 is 10.6 Å². The predicted molar refractivity (Wildman–Crippen MR) is 90.0 cm³/mol. The van der Waals surface area contributed by atoms with E-state index in [2.05, 4.69) is 33.6 Å². The lowest BCUT2D eigenvalue weighted by Gasteiger charge is -2.10. The van der Waals surface area contributed by atoms with Crippen LogP contribution in [0.5, 0.6) is 0 Å². The van der Waals surface area contributed by atoms with Crippen LogP contribution in [-0.4, -0.2) is 36.1 Å². The number of nitrogens with one attached hydrogen (secondary N) is 2. The summed E-state index contributed by atoms with van der Waals surface area (Å²) >= 11 is 0. The average Bonchev–Trinajstić information content (AvgIpc) is 2.59. The van der Waals surface area contributed by atoms with Gasteiger partial charge in [-0.15, -0.1) is 0 Å². The summed E-state index contributed by atoms with van der Waals surface area (Å²) in [6.07, 6.45) is 4.74. The number of ether oxygens (including phenoxy) is 1. The van der Waals surface area contributed by atoms with E-state index in [9.17, 15) is 4.79 Å². The normalized spacial score (nSPS) is 10.3. The summed E-state index contributed by atoms with van der Waals surface area (Å²) < 4.78 is 4.93. The van der Waals surface area contributed by atoms with Crippen LogP contribution in [0.25, 0.3) is 0 Å². The fourth-order valence-electron chi connectivity index (χ4n) is 2.11. The molecule has 23 heavy (non-hydrogen) atoms. The Balaban J connectivity index is 1.95. The van der Waals surface area contributed by atoms with E-state index in [0.29, 0.717) is 24.7 Å². The summed E-state index contributed by atoms with van der Waals surface area (Å²) in [5, 5.41) is 6.01. The summed E-state index contributed by atoms with van der Waals surface area (Å²) in [5.74, 6) is 0.385. The molecule has 6 nitrogen and oxygen atoms in total. The van der Waals surface area contributed by atoms with Gasteiger partial charge in [0.05, 0.1) is 12.4 Å². The molecule has 1 aromatic heterocycles. The first-order chi connectivity index (χ1) is 11.2. The van der Waals surface area contributed by atoms with Gasteiger partial charge in [-0.2, -0.15) is 0 Å². The zero-order valence-electron chi connectivity index (χ0n) is 13.5. The highest BCUT2D eigenvalue weighted by Crippen LogP contribution is 2.19. The van der Waals surface area contributed by atoms with Crippen molar-refractivity contribution in [3.05, 3.63) is 47.9 Å². The summed E-state index contributed by atoms with van der Waals surface area (Å²) in [4.78, 5) is 20.3. The second kappa shape index (κ2) is 8.85. The number of methoxy groups -OCH3 is 1. The average molecular weight is 314 g/mol. The number of rotatable bonds is 8. The Hall–Kier alpha value is -2.47. The minimum Gasteiger partial charge on any atom is -0.385 e. The molecule has 0 bridgehead atoms. The predicted octanol–water partition coefficient (Wildman–Crippen LogP) is 2.55. The van der Waals surface area contributed by atoms with Crippen molar-refractivity contribution in [1.82, 2.24) is 15.3 Å². The van der Waals surface area contributed by atoms with E-state index >= 15 is 0 Å². The molecule has 0 aliphatic heterocycles. The number of amides is 1. The highest BCUT2D eigenvalue weighted by Gasteiger charge is 2.08. The molecule has 0 aliphatic carbocycles. The maximum Gasteiger partial charge on any atom is 0.271 e. The number of carbonyl (C=O) groups excluding carboxylic acids is 1. The number of benzene rings is 1. The first kappa shape index (κ1) is 16.9. The van der Waals surface area contributed by atoms with E-state index in [1.165, 1.54) is 11.8 Å². The minimum atomic E-state index is -0.228. The van der Waals surface area contributed by atoms with Crippen molar-refractivity contribution in [2.24, 2.45) is 0 Å². The van der Waals surface area contributed by atoms with E-state index in [0.717, 1.165) is 18.5 Å². The Labute approximate surface area is 136 Å². The van der Waals surface area contributed by atoms with E-state index in [-0.39, 0.29) is 5.91 Å². The molecular formula is C17H22N4O2. The van der Waals surface area contributed by atoms with Gasteiger partial charge in [0.15, 0.2) is 0 Å². The van der Waals surface area contributed by atoms with Gasteiger partial charge in [0.1, 0.15) is 11.5 Å². The van der Waals surface area contributed by atoms with Crippen LogP contribution >= 0.6 is 0 Å². The van der Waals surface area contributed by atoms with E-state index in [4.69, 9.17) is 4.74 Å². The summed E-state index contributed by atoms with van der Waals surface area (Å²) in [6.45, 7) is 3.27. The monoisotopic (exact) mass is 314 g/mol. The van der Waals surface area contributed by atoms with Crippen molar-refractivity contribution in [1.29, 1.82) is 0 Å². The topological polar surface area (TPSA) is 76.1 Å². The Bertz CT molecular complexity index is 629. The zero-order valence-corrected chi connectivity index (χ0v) is 13.5. The highest BCUT2D eigenvalue weighted by molar-refractivity contribution is 5.92. The van der Waals surface area contributed by atoms with Crippen LogP contribution in [0.4, 0.5) is 11.5 Å². The van der Waals surface area contributed by atoms with Gasteiger partial charge < -0.3 is 15.4 Å². The van der Waals surface area contributed by atoms with Gasteiger partial charge >= 0.3 is 0 Å². The quantitative estimate of drug-likeness (QED) is 0.732. The Morgan fingerprint density at radius 1 is 1.22 bits per heavy atom. The van der Waals surface area contributed by atoms with Crippen LogP contribution in [0.15, 0.2) is 36.7 Å². The van der Waals surface area contributed by atoms with Gasteiger partial charge in [-0.1, -0.05) is 25.1 Å². The molecule has 2 aromatic rings. The van der Waals surface area contributed by atoms with Gasteiger partial charge in [0, 0.05) is 25.9 Å². The Kier molecular flexibility index (Phi) is 6.50. The number of aromatic nitrogens is 2. The van der Waals surface area contributed by atoms with Crippen molar-refractivity contribution in [3.63, 3.8) is 0 Å². The molecule has 2 rings (SSSR count). The summed E-state index contributed by atoms with van der Waals surface area (Å²) in [6, 6.07) is 8.04. The van der Waals surface area contributed by atoms with Crippen LogP contribution in [-0.2, 0) is 11.2 Å². The molecule has 6 heteroatoms. The Morgan fingerprint density at radius 3 is 2.74 bits per heavy atom. The number of para-hydroxylation sites is 1. The molecule has 1 amide bonds. The molecular weight excluding hydrogens is 292 g/mol. The van der Waals surface area contributed by atoms with Crippen LogP contribution in [0.3, 0.4) is 0 Å². The lowest BCUT2D eigenvalue weighted by Crippen LogP contribution is -2.26. The molecule has 0 spiro atoms. The fraction of sp³-hybridized carbons (Fsp3) is 0.353. The number of aryl methyl sites for hydroxylation is 1. The standard InChI is InChI=1S/C17H22N4O2/c1-3-13-7-4-5-8-14(13)21-16-12-19-15(11-20-16)17(22)18-9-6-10-23-2/h4-5,7-8,11-12H,3,6,9-10H2,1-2H3,(H,18,22)(H,20,21). The first-order valence-electron chi connectivity index (χ1n) is 7.68. The third-order valence-corrected chi connectivity index (χ3v) is 3.36. The van der Waals surface area contributed by atoms with Gasteiger partial charge in [0.2, 0.25) is 0 Å². The smallest absolute Gasteiger partial charge is 0.271 e. The fourth-order valence-corrected chi connectivity index (χ4v) is 2.11. The van der Waals surface area contributed by atoms with Crippen molar-refractivity contribution in [3.8, 4) is 0 Å². The van der Waals surface area contributed by atoms with E-state index in [1.54, 1.807) is 13.3 Å². The number of hydrogen-bond acceptors (Lipinski definition) is 5. The maximum absolute atomic E-state index is 11.9. The third kappa shape index (κ3) is 5.03. The lowest BCUT2D eigenvalue weighted by molar-refractivity contribution is 0.0943.